The molecule has 0 aliphatic carbocycles. The van der Waals surface area contributed by atoms with E-state index in [4.69, 9.17) is 26.3 Å². The molecule has 8 N–H and O–H groups in total. The Bertz CT molecular complexity index is 2120. The van der Waals surface area contributed by atoms with Gasteiger partial charge in [0.05, 0.1) is 33.9 Å². The molecule has 2 amide bonds. The molecule has 1 saturated heterocycles. The van der Waals surface area contributed by atoms with Crippen molar-refractivity contribution in [2.45, 2.75) is 51.2 Å². The van der Waals surface area contributed by atoms with Crippen molar-refractivity contribution in [3.05, 3.63) is 63.1 Å². The number of hydrazine groups is 1. The maximum Gasteiger partial charge on any atom is 0.269 e. The minimum Gasteiger partial charge on any atom is -0.491 e. The van der Waals surface area contributed by atoms with Crippen LogP contribution in [-0.4, -0.2) is 93.4 Å². The van der Waals surface area contributed by atoms with Gasteiger partial charge in [-0.1, -0.05) is 19.1 Å². The van der Waals surface area contributed by atoms with Gasteiger partial charge in [0, 0.05) is 69.9 Å². The van der Waals surface area contributed by atoms with Gasteiger partial charge in [0.2, 0.25) is 17.8 Å². The number of nitrogens with one attached hydrogen (secondary N) is 4. The van der Waals surface area contributed by atoms with E-state index in [0.717, 1.165) is 76.9 Å². The van der Waals surface area contributed by atoms with Crippen molar-refractivity contribution >= 4 is 68.9 Å². The highest BCUT2D eigenvalue weighted by atomic mass is 32.2. The Kier molecular flexibility index (Phi) is 12.6. The van der Waals surface area contributed by atoms with Crippen molar-refractivity contribution in [3.8, 4) is 5.75 Å². The zero-order chi connectivity index (χ0) is 37.5. The summed E-state index contributed by atoms with van der Waals surface area (Å²) >= 11 is 2.99. The molecule has 0 bridgehead atoms. The molecular formula is C36H48N12O3S2. The smallest absolute Gasteiger partial charge is 0.269 e. The van der Waals surface area contributed by atoms with Crippen molar-refractivity contribution in [3.63, 3.8) is 0 Å². The third kappa shape index (κ3) is 8.66. The Labute approximate surface area is 316 Å². The number of amides is 2. The number of piperazine rings is 1. The van der Waals surface area contributed by atoms with Crippen molar-refractivity contribution in [2.75, 3.05) is 63.3 Å². The quantitative estimate of drug-likeness (QED) is 0.0265. The largest absolute Gasteiger partial charge is 0.491 e. The summed E-state index contributed by atoms with van der Waals surface area (Å²) in [4.78, 5) is 44.1. The molecule has 282 valence electrons. The summed E-state index contributed by atoms with van der Waals surface area (Å²) in [5.41, 5.74) is 13.6. The zero-order valence-electron chi connectivity index (χ0n) is 30.6. The van der Waals surface area contributed by atoms with Gasteiger partial charge < -0.3 is 35.1 Å². The van der Waals surface area contributed by atoms with Crippen molar-refractivity contribution < 1.29 is 14.3 Å². The van der Waals surface area contributed by atoms with Crippen molar-refractivity contribution in [1.82, 2.24) is 39.7 Å². The van der Waals surface area contributed by atoms with Gasteiger partial charge in [-0.15, -0.1) is 23.1 Å². The molecule has 1 aliphatic heterocycles. The fourth-order valence-corrected chi connectivity index (χ4v) is 8.18. The van der Waals surface area contributed by atoms with Crippen LogP contribution in [0.3, 0.4) is 0 Å². The van der Waals surface area contributed by atoms with Crippen LogP contribution in [0, 0.1) is 6.92 Å². The third-order valence-corrected chi connectivity index (χ3v) is 10.9. The fourth-order valence-electron chi connectivity index (χ4n) is 6.60. The van der Waals surface area contributed by atoms with Gasteiger partial charge in [0.1, 0.15) is 16.1 Å². The van der Waals surface area contributed by atoms with E-state index in [9.17, 15) is 9.59 Å². The van der Waals surface area contributed by atoms with E-state index < -0.39 is 5.91 Å². The van der Waals surface area contributed by atoms with Gasteiger partial charge in [-0.3, -0.25) is 26.2 Å². The van der Waals surface area contributed by atoms with Crippen LogP contribution in [0.5, 0.6) is 5.75 Å². The number of nitrogens with zero attached hydrogens (tertiary/aromatic N) is 6. The first-order valence-corrected chi connectivity index (χ1v) is 19.8. The van der Waals surface area contributed by atoms with E-state index in [-0.39, 0.29) is 5.91 Å². The molecule has 3 aromatic heterocycles. The van der Waals surface area contributed by atoms with Crippen LogP contribution >= 0.6 is 23.1 Å². The van der Waals surface area contributed by atoms with Gasteiger partial charge in [0.15, 0.2) is 0 Å². The Hall–Kier alpha value is -4.52. The molecule has 6 rings (SSSR count). The number of imidazole rings is 2. The normalized spacial score (nSPS) is 13.8. The van der Waals surface area contributed by atoms with Crippen LogP contribution in [-0.2, 0) is 26.1 Å². The van der Waals surface area contributed by atoms with Gasteiger partial charge in [0.25, 0.3) is 5.91 Å². The topological polar surface area (TPSA) is 195 Å². The minimum absolute atomic E-state index is 0.234. The number of hydrogen-bond donors (Lipinski definition) is 6. The molecule has 0 atom stereocenters. The fraction of sp³-hybridized carbons (Fsp3) is 0.417. The predicted octanol–water partition coefficient (Wildman–Crippen LogP) is 3.72. The number of aryl methyl sites for hydroxylation is 2. The minimum atomic E-state index is -0.541. The summed E-state index contributed by atoms with van der Waals surface area (Å²) in [7, 11) is 1.81. The highest BCUT2D eigenvalue weighted by Gasteiger charge is 2.22. The van der Waals surface area contributed by atoms with E-state index in [1.165, 1.54) is 11.3 Å². The highest BCUT2D eigenvalue weighted by Crippen LogP contribution is 2.33. The summed E-state index contributed by atoms with van der Waals surface area (Å²) in [5.74, 6) is 6.50. The number of benzene rings is 2. The Morgan fingerprint density at radius 1 is 1.04 bits per heavy atom. The van der Waals surface area contributed by atoms with Gasteiger partial charge in [-0.25, -0.2) is 15.0 Å². The van der Waals surface area contributed by atoms with Crippen LogP contribution in [0.25, 0.3) is 22.1 Å². The summed E-state index contributed by atoms with van der Waals surface area (Å²) in [6.07, 6.45) is 7.61. The molecular weight excluding hydrogens is 713 g/mol. The number of primary amides is 1. The molecule has 53 heavy (non-hydrogen) atoms. The first kappa shape index (κ1) is 38.2. The van der Waals surface area contributed by atoms with E-state index in [1.54, 1.807) is 23.9 Å². The lowest BCUT2D eigenvalue weighted by atomic mass is 10.1. The maximum absolute atomic E-state index is 13.6. The molecule has 1 aliphatic rings. The molecule has 0 saturated carbocycles. The Balaban J connectivity index is 1.29. The number of thioether (sulfide) groups is 1. The molecule has 5 aromatic rings. The zero-order valence-corrected chi connectivity index (χ0v) is 32.3. The molecule has 2 aromatic carbocycles. The van der Waals surface area contributed by atoms with E-state index in [0.29, 0.717) is 66.3 Å². The Morgan fingerprint density at radius 2 is 1.75 bits per heavy atom. The summed E-state index contributed by atoms with van der Waals surface area (Å²) in [6, 6.07) is 7.48. The standard InChI is InChI=1S/C36H48N12O3S2/c1-5-25-32(53-22(2)42-25)34(50)45-36-44-26-17-23(21-41-38)18-29(52-4)31(26)48(36)13-7-6-12-47-30-27(43-35(47)39-3)19-24(33(37)49)20-28(30)51-16-8-11-46-14-9-40-10-15-46/h6-7,17-20,40-41H,5,8-16,21,38H2,1-4H3,(H2,37,49)(H,39,43)(H,44,45,50)/b7-6+. The van der Waals surface area contributed by atoms with Gasteiger partial charge in [-0.05, 0) is 55.9 Å². The summed E-state index contributed by atoms with van der Waals surface area (Å²) < 4.78 is 10.4. The molecule has 17 heteroatoms. The van der Waals surface area contributed by atoms with Crippen molar-refractivity contribution in [1.29, 1.82) is 0 Å². The lowest BCUT2D eigenvalue weighted by molar-refractivity contribution is 0.0997. The monoisotopic (exact) mass is 760 g/mol. The first-order valence-electron chi connectivity index (χ1n) is 17.8. The van der Waals surface area contributed by atoms with E-state index in [2.05, 4.69) is 37.3 Å². The molecule has 0 radical (unpaired) electrons. The summed E-state index contributed by atoms with van der Waals surface area (Å²) in [5, 5.41) is 10.5. The lowest BCUT2D eigenvalue weighted by Gasteiger charge is -2.27. The number of nitrogens with two attached hydrogens (primary N) is 2. The number of allylic oxidation sites excluding steroid dienone is 2. The number of hydrogen-bond acceptors (Lipinski definition) is 13. The second-order valence-corrected chi connectivity index (χ2v) is 14.7. The predicted molar refractivity (Wildman–Crippen MR) is 213 cm³/mol. The third-order valence-electron chi connectivity index (χ3n) is 9.11. The van der Waals surface area contributed by atoms with Crippen LogP contribution in [0.15, 0.2) is 41.3 Å². The van der Waals surface area contributed by atoms with E-state index >= 15 is 0 Å². The second-order valence-electron chi connectivity index (χ2n) is 12.7. The van der Waals surface area contributed by atoms with Crippen LogP contribution in [0.2, 0.25) is 0 Å². The number of aromatic nitrogens is 5. The average Bonchev–Trinajstić information content (AvgIpc) is 3.84. The number of fused-ring (bicyclic) bond motifs is 2. The number of rotatable bonds is 17. The lowest BCUT2D eigenvalue weighted by Crippen LogP contribution is -2.43. The SMILES string of the molecule is CCc1nc(C)sc1C(=O)Nc1nc2cc(CNN)cc(SC)c2n1C/C=C/Cn1c(NC)nc2cc(C(N)=O)cc(OCCCN3CCNCC3)c21. The second kappa shape index (κ2) is 17.5. The number of carbonyl (C=O) groups excluding carboxylic acids is 2. The molecule has 4 heterocycles. The molecule has 0 unspecified atom stereocenters. The maximum atomic E-state index is 13.6. The van der Waals surface area contributed by atoms with Crippen LogP contribution < -0.4 is 37.7 Å². The van der Waals surface area contributed by atoms with Crippen LogP contribution in [0.4, 0.5) is 11.9 Å². The molecule has 15 nitrogen and oxygen atoms in total. The number of carbonyl (C=O) groups is 2. The highest BCUT2D eigenvalue weighted by molar-refractivity contribution is 7.98. The molecule has 1 fully saturated rings. The van der Waals surface area contributed by atoms with Gasteiger partial charge >= 0.3 is 0 Å². The van der Waals surface area contributed by atoms with E-state index in [1.807, 2.05) is 54.5 Å². The Morgan fingerprint density at radius 3 is 2.43 bits per heavy atom. The molecule has 0 spiro atoms. The van der Waals surface area contributed by atoms with Crippen molar-refractivity contribution in [2.24, 2.45) is 11.6 Å². The number of ether oxygens (including phenoxy) is 1. The average molecular weight is 761 g/mol. The van der Waals surface area contributed by atoms with Gasteiger partial charge in [-0.2, -0.15) is 0 Å². The van der Waals surface area contributed by atoms with Crippen LogP contribution in [0.1, 0.15) is 49.6 Å². The summed E-state index contributed by atoms with van der Waals surface area (Å²) in [6.45, 7) is 10.7. The number of anilines is 2. The number of thiazole rings is 1. The first-order chi connectivity index (χ1) is 25.7.